The Bertz CT molecular complexity index is 415. The molecule has 1 atom stereocenters. The predicted octanol–water partition coefficient (Wildman–Crippen LogP) is 3.46. The fourth-order valence-electron chi connectivity index (χ4n) is 2.07. The summed E-state index contributed by atoms with van der Waals surface area (Å²) in [6.07, 6.45) is -3.25. The molecule has 0 spiro atoms. The van der Waals surface area contributed by atoms with Gasteiger partial charge in [-0.1, -0.05) is 31.5 Å². The van der Waals surface area contributed by atoms with Crippen LogP contribution in [0.25, 0.3) is 0 Å². The maximum atomic E-state index is 12.9. The van der Waals surface area contributed by atoms with Gasteiger partial charge in [-0.05, 0) is 24.0 Å². The van der Waals surface area contributed by atoms with Crippen molar-refractivity contribution in [3.8, 4) is 0 Å². The lowest BCUT2D eigenvalue weighted by atomic mass is 9.87. The molecular formula is C13H16F3NO. The second-order valence-corrected chi connectivity index (χ2v) is 4.24. The van der Waals surface area contributed by atoms with Gasteiger partial charge in [-0.15, -0.1) is 0 Å². The summed E-state index contributed by atoms with van der Waals surface area (Å²) in [5.41, 5.74) is 4.58. The van der Waals surface area contributed by atoms with E-state index in [9.17, 15) is 18.0 Å². The number of amides is 1. The quantitative estimate of drug-likeness (QED) is 0.864. The molecule has 1 rings (SSSR count). The average Bonchev–Trinajstić information content (AvgIpc) is 2.27. The van der Waals surface area contributed by atoms with Crippen LogP contribution in [0.15, 0.2) is 24.3 Å². The maximum Gasteiger partial charge on any atom is 0.416 e. The SMILES string of the molecule is CCCC(CC(N)=O)c1ccccc1C(F)(F)F. The average molecular weight is 259 g/mol. The largest absolute Gasteiger partial charge is 0.416 e. The smallest absolute Gasteiger partial charge is 0.370 e. The summed E-state index contributed by atoms with van der Waals surface area (Å²) in [6.45, 7) is 1.87. The summed E-state index contributed by atoms with van der Waals surface area (Å²) in [5.74, 6) is -1.05. The van der Waals surface area contributed by atoms with Gasteiger partial charge < -0.3 is 5.73 Å². The summed E-state index contributed by atoms with van der Waals surface area (Å²) in [6, 6.07) is 5.36. The van der Waals surface area contributed by atoms with E-state index in [2.05, 4.69) is 0 Å². The van der Waals surface area contributed by atoms with Crippen LogP contribution in [0.3, 0.4) is 0 Å². The van der Waals surface area contributed by atoms with Crippen LogP contribution in [-0.2, 0) is 11.0 Å². The Hall–Kier alpha value is -1.52. The third-order valence-electron chi connectivity index (χ3n) is 2.79. The van der Waals surface area contributed by atoms with E-state index in [1.165, 1.54) is 12.1 Å². The van der Waals surface area contributed by atoms with E-state index in [1.54, 1.807) is 6.07 Å². The standard InChI is InChI=1S/C13H16F3NO/c1-2-5-9(8-12(17)18)10-6-3-4-7-11(10)13(14,15)16/h3-4,6-7,9H,2,5,8H2,1H3,(H2,17,18). The van der Waals surface area contributed by atoms with Gasteiger partial charge in [-0.25, -0.2) is 0 Å². The molecule has 0 aliphatic rings. The molecule has 0 aromatic heterocycles. The van der Waals surface area contributed by atoms with Crippen molar-refractivity contribution in [1.29, 1.82) is 0 Å². The fraction of sp³-hybridized carbons (Fsp3) is 0.462. The Morgan fingerprint density at radius 1 is 1.33 bits per heavy atom. The predicted molar refractivity (Wildman–Crippen MR) is 62.9 cm³/mol. The highest BCUT2D eigenvalue weighted by molar-refractivity contribution is 5.74. The molecular weight excluding hydrogens is 243 g/mol. The number of hydrogen-bond acceptors (Lipinski definition) is 1. The Morgan fingerprint density at radius 3 is 2.44 bits per heavy atom. The highest BCUT2D eigenvalue weighted by atomic mass is 19.4. The Labute approximate surface area is 104 Å². The highest BCUT2D eigenvalue weighted by Gasteiger charge is 2.34. The minimum Gasteiger partial charge on any atom is -0.370 e. The lowest BCUT2D eigenvalue weighted by Crippen LogP contribution is -2.18. The molecule has 1 unspecified atom stereocenters. The summed E-state index contributed by atoms with van der Waals surface area (Å²) in [7, 11) is 0. The Kier molecular flexibility index (Phi) is 4.76. The molecule has 2 N–H and O–H groups in total. The number of nitrogens with two attached hydrogens (primary N) is 1. The van der Waals surface area contributed by atoms with Gasteiger partial charge in [0, 0.05) is 6.42 Å². The van der Waals surface area contributed by atoms with Crippen LogP contribution in [0.5, 0.6) is 0 Å². The molecule has 1 amide bonds. The minimum absolute atomic E-state index is 0.0546. The number of rotatable bonds is 5. The van der Waals surface area contributed by atoms with Gasteiger partial charge in [-0.2, -0.15) is 13.2 Å². The molecule has 1 aromatic rings. The lowest BCUT2D eigenvalue weighted by molar-refractivity contribution is -0.138. The van der Waals surface area contributed by atoms with Gasteiger partial charge >= 0.3 is 6.18 Å². The molecule has 100 valence electrons. The van der Waals surface area contributed by atoms with Gasteiger partial charge in [-0.3, -0.25) is 4.79 Å². The second-order valence-electron chi connectivity index (χ2n) is 4.24. The van der Waals surface area contributed by atoms with Crippen molar-refractivity contribution >= 4 is 5.91 Å². The summed E-state index contributed by atoms with van der Waals surface area (Å²) in [5, 5.41) is 0. The molecule has 5 heteroatoms. The molecule has 0 heterocycles. The van der Waals surface area contributed by atoms with Crippen LogP contribution in [0.2, 0.25) is 0 Å². The van der Waals surface area contributed by atoms with E-state index in [1.807, 2.05) is 6.92 Å². The number of carbonyl (C=O) groups is 1. The first-order chi connectivity index (χ1) is 8.36. The van der Waals surface area contributed by atoms with Crippen LogP contribution < -0.4 is 5.73 Å². The van der Waals surface area contributed by atoms with Gasteiger partial charge in [0.05, 0.1) is 5.56 Å². The maximum absolute atomic E-state index is 12.9. The van der Waals surface area contributed by atoms with Crippen molar-refractivity contribution in [3.05, 3.63) is 35.4 Å². The number of halogens is 3. The van der Waals surface area contributed by atoms with Gasteiger partial charge in [0.1, 0.15) is 0 Å². The van der Waals surface area contributed by atoms with Crippen LogP contribution in [0.4, 0.5) is 13.2 Å². The molecule has 0 saturated heterocycles. The minimum atomic E-state index is -4.40. The third kappa shape index (κ3) is 3.75. The van der Waals surface area contributed by atoms with Crippen molar-refractivity contribution < 1.29 is 18.0 Å². The molecule has 0 saturated carbocycles. The Balaban J connectivity index is 3.15. The van der Waals surface area contributed by atoms with E-state index in [0.717, 1.165) is 6.07 Å². The fourth-order valence-corrected chi connectivity index (χ4v) is 2.07. The van der Waals surface area contributed by atoms with Gasteiger partial charge in [0.2, 0.25) is 5.91 Å². The highest BCUT2D eigenvalue weighted by Crippen LogP contribution is 2.37. The third-order valence-corrected chi connectivity index (χ3v) is 2.79. The molecule has 18 heavy (non-hydrogen) atoms. The lowest BCUT2D eigenvalue weighted by Gasteiger charge is -2.20. The molecule has 1 aromatic carbocycles. The van der Waals surface area contributed by atoms with E-state index in [0.29, 0.717) is 12.8 Å². The molecule has 0 aliphatic heterocycles. The van der Waals surface area contributed by atoms with E-state index < -0.39 is 23.6 Å². The number of benzene rings is 1. The zero-order chi connectivity index (χ0) is 13.8. The second kappa shape index (κ2) is 5.89. The molecule has 0 fully saturated rings. The topological polar surface area (TPSA) is 43.1 Å². The number of primary amides is 1. The monoisotopic (exact) mass is 259 g/mol. The van der Waals surface area contributed by atoms with Crippen LogP contribution >= 0.6 is 0 Å². The van der Waals surface area contributed by atoms with Crippen molar-refractivity contribution in [3.63, 3.8) is 0 Å². The number of carbonyl (C=O) groups excluding carboxylic acids is 1. The van der Waals surface area contributed by atoms with Crippen LogP contribution in [0, 0.1) is 0 Å². The van der Waals surface area contributed by atoms with Crippen molar-refractivity contribution in [2.75, 3.05) is 0 Å². The van der Waals surface area contributed by atoms with E-state index >= 15 is 0 Å². The Morgan fingerprint density at radius 2 is 1.94 bits per heavy atom. The summed E-state index contributed by atoms with van der Waals surface area (Å²) < 4.78 is 38.6. The summed E-state index contributed by atoms with van der Waals surface area (Å²) in [4.78, 5) is 11.0. The number of alkyl halides is 3. The first kappa shape index (κ1) is 14.5. The first-order valence-electron chi connectivity index (χ1n) is 5.80. The zero-order valence-corrected chi connectivity index (χ0v) is 10.1. The van der Waals surface area contributed by atoms with E-state index in [4.69, 9.17) is 5.73 Å². The van der Waals surface area contributed by atoms with Gasteiger partial charge in [0.15, 0.2) is 0 Å². The van der Waals surface area contributed by atoms with E-state index in [-0.39, 0.29) is 12.0 Å². The molecule has 0 radical (unpaired) electrons. The van der Waals surface area contributed by atoms with Crippen molar-refractivity contribution in [2.24, 2.45) is 5.73 Å². The zero-order valence-electron chi connectivity index (χ0n) is 10.1. The summed E-state index contributed by atoms with van der Waals surface area (Å²) >= 11 is 0. The van der Waals surface area contributed by atoms with Crippen LogP contribution in [-0.4, -0.2) is 5.91 Å². The molecule has 0 aliphatic carbocycles. The normalized spacial score (nSPS) is 13.3. The van der Waals surface area contributed by atoms with Crippen molar-refractivity contribution in [1.82, 2.24) is 0 Å². The van der Waals surface area contributed by atoms with Gasteiger partial charge in [0.25, 0.3) is 0 Å². The van der Waals surface area contributed by atoms with Crippen LogP contribution in [0.1, 0.15) is 43.2 Å². The molecule has 0 bridgehead atoms. The van der Waals surface area contributed by atoms with Crippen molar-refractivity contribution in [2.45, 2.75) is 38.3 Å². The first-order valence-corrected chi connectivity index (χ1v) is 5.80. The number of hydrogen-bond donors (Lipinski definition) is 1. The molecule has 2 nitrogen and oxygen atoms in total.